The fourth-order valence-electron chi connectivity index (χ4n) is 4.48. The van der Waals surface area contributed by atoms with Crippen molar-refractivity contribution in [1.82, 2.24) is 9.55 Å². The highest BCUT2D eigenvalue weighted by Gasteiger charge is 2.29. The Labute approximate surface area is 184 Å². The van der Waals surface area contributed by atoms with Crippen LogP contribution in [0.15, 0.2) is 70.6 Å². The number of rotatable bonds is 4. The topological polar surface area (TPSA) is 64.3 Å². The largest absolute Gasteiger partial charge is 0.288 e. The third-order valence-corrected chi connectivity index (χ3v) is 6.94. The maximum Gasteiger partial charge on any atom is 0.263 e. The summed E-state index contributed by atoms with van der Waals surface area (Å²) < 4.78 is 1.79. The minimum absolute atomic E-state index is 0.0625. The molecule has 0 radical (unpaired) electrons. The van der Waals surface area contributed by atoms with Crippen molar-refractivity contribution in [3.05, 3.63) is 97.6 Å². The van der Waals surface area contributed by atoms with Gasteiger partial charge in [-0.1, -0.05) is 36.4 Å². The van der Waals surface area contributed by atoms with Crippen molar-refractivity contribution in [3.63, 3.8) is 0 Å². The third-order valence-electron chi connectivity index (χ3n) is 5.92. The highest BCUT2D eigenvalue weighted by molar-refractivity contribution is 7.15. The highest BCUT2D eigenvalue weighted by Crippen LogP contribution is 2.36. The molecule has 154 valence electrons. The van der Waals surface area contributed by atoms with Crippen LogP contribution in [0.25, 0.3) is 21.8 Å². The molecule has 0 spiro atoms. The molecule has 2 heterocycles. The molecule has 1 aliphatic carbocycles. The van der Waals surface area contributed by atoms with Gasteiger partial charge >= 0.3 is 0 Å². The quantitative estimate of drug-likeness (QED) is 0.376. The van der Waals surface area contributed by atoms with Crippen LogP contribution in [0.4, 0.5) is 5.69 Å². The summed E-state index contributed by atoms with van der Waals surface area (Å²) in [6, 6.07) is 19.3. The first-order valence-corrected chi connectivity index (χ1v) is 11.1. The fourth-order valence-corrected chi connectivity index (χ4v) is 5.44. The van der Waals surface area contributed by atoms with Crippen LogP contribution in [-0.2, 0) is 12.8 Å². The molecule has 0 fully saturated rings. The van der Waals surface area contributed by atoms with Crippen molar-refractivity contribution >= 4 is 17.0 Å². The van der Waals surface area contributed by atoms with Crippen molar-refractivity contribution in [2.75, 3.05) is 0 Å². The number of aryl methyl sites for hydroxylation is 2. The Morgan fingerprint density at radius 1 is 0.968 bits per heavy atom. The van der Waals surface area contributed by atoms with E-state index >= 15 is 0 Å². The van der Waals surface area contributed by atoms with Gasteiger partial charge in [-0.15, -0.1) is 16.2 Å². The van der Waals surface area contributed by atoms with Crippen LogP contribution in [0.2, 0.25) is 0 Å². The van der Waals surface area contributed by atoms with E-state index < -0.39 is 0 Å². The fraction of sp³-hybridized carbons (Fsp3) is 0.200. The summed E-state index contributed by atoms with van der Waals surface area (Å²) in [5.74, 6) is 0.507. The third kappa shape index (κ3) is 3.33. The van der Waals surface area contributed by atoms with Crippen LogP contribution in [0, 0.1) is 18.8 Å². The lowest BCUT2D eigenvalue weighted by Crippen LogP contribution is -2.30. The lowest BCUT2D eigenvalue weighted by Gasteiger charge is -2.21. The summed E-state index contributed by atoms with van der Waals surface area (Å²) in [4.78, 5) is 32.4. The van der Waals surface area contributed by atoms with Gasteiger partial charge in [0.25, 0.3) is 5.56 Å². The lowest BCUT2D eigenvalue weighted by molar-refractivity contribution is 0.511. The van der Waals surface area contributed by atoms with Gasteiger partial charge in [-0.05, 0) is 67.3 Å². The Hall–Kier alpha value is -3.38. The van der Waals surface area contributed by atoms with E-state index in [9.17, 15) is 9.70 Å². The standard InChI is InChI=1S/C25H21N3O2S/c1-15-11-12-22(31-15)23-16(2)26-24(20-9-5-6-10-21(20)27-30)28(25(23)29)19-13-17-7-3-4-8-18(17)14-19/h3-12,19H,13-14H2,1-2H3. The predicted octanol–water partition coefficient (Wildman–Crippen LogP) is 5.99. The first-order chi connectivity index (χ1) is 15.1. The molecule has 6 heteroatoms. The molecule has 2 aromatic carbocycles. The van der Waals surface area contributed by atoms with Gasteiger partial charge in [0.05, 0.1) is 11.3 Å². The smallest absolute Gasteiger partial charge is 0.263 e. The second-order valence-corrected chi connectivity index (χ2v) is 9.21. The summed E-state index contributed by atoms with van der Waals surface area (Å²) in [7, 11) is 0. The average molecular weight is 428 g/mol. The number of hydrogen-bond donors (Lipinski definition) is 0. The van der Waals surface area contributed by atoms with E-state index in [0.29, 0.717) is 22.6 Å². The first kappa shape index (κ1) is 19.6. The van der Waals surface area contributed by atoms with Crippen molar-refractivity contribution in [3.8, 4) is 21.8 Å². The molecule has 4 aromatic rings. The zero-order chi connectivity index (χ0) is 21.5. The SMILES string of the molecule is Cc1ccc(-c2c(C)nc(-c3ccccc3N=O)n(C3Cc4ccccc4C3)c2=O)s1. The molecule has 0 saturated carbocycles. The van der Waals surface area contributed by atoms with Crippen LogP contribution >= 0.6 is 11.3 Å². The molecule has 2 aromatic heterocycles. The molecule has 0 atom stereocenters. The van der Waals surface area contributed by atoms with E-state index in [0.717, 1.165) is 22.6 Å². The Bertz CT molecular complexity index is 1340. The number of benzene rings is 2. The molecular weight excluding hydrogens is 406 g/mol. The molecule has 5 rings (SSSR count). The maximum absolute atomic E-state index is 14.0. The molecule has 0 amide bonds. The van der Waals surface area contributed by atoms with Crippen LogP contribution in [0.5, 0.6) is 0 Å². The van der Waals surface area contributed by atoms with Crippen LogP contribution in [0.3, 0.4) is 0 Å². The van der Waals surface area contributed by atoms with Gasteiger partial charge < -0.3 is 0 Å². The van der Waals surface area contributed by atoms with Crippen LogP contribution in [0.1, 0.15) is 27.7 Å². The summed E-state index contributed by atoms with van der Waals surface area (Å²) in [6.45, 7) is 3.89. The molecule has 0 bridgehead atoms. The molecule has 0 saturated heterocycles. The van der Waals surface area contributed by atoms with E-state index in [-0.39, 0.29) is 17.3 Å². The number of thiophene rings is 1. The Balaban J connectivity index is 1.77. The van der Waals surface area contributed by atoms with Gasteiger partial charge in [0.1, 0.15) is 11.5 Å². The van der Waals surface area contributed by atoms with Gasteiger partial charge in [0.2, 0.25) is 0 Å². The summed E-state index contributed by atoms with van der Waals surface area (Å²) in [6.07, 6.45) is 1.51. The molecule has 1 aliphatic rings. The minimum Gasteiger partial charge on any atom is -0.288 e. The second-order valence-electron chi connectivity index (χ2n) is 7.92. The minimum atomic E-state index is -0.0668. The summed E-state index contributed by atoms with van der Waals surface area (Å²) >= 11 is 1.60. The van der Waals surface area contributed by atoms with Gasteiger partial charge in [-0.3, -0.25) is 9.36 Å². The van der Waals surface area contributed by atoms with E-state index in [4.69, 9.17) is 4.98 Å². The zero-order valence-corrected chi connectivity index (χ0v) is 18.1. The Kier molecular flexibility index (Phi) is 4.87. The van der Waals surface area contributed by atoms with Gasteiger partial charge in [-0.2, -0.15) is 0 Å². The molecular formula is C25H21N3O2S. The Morgan fingerprint density at radius 2 is 1.65 bits per heavy atom. The molecule has 5 nitrogen and oxygen atoms in total. The monoisotopic (exact) mass is 427 g/mol. The highest BCUT2D eigenvalue weighted by atomic mass is 32.1. The van der Waals surface area contributed by atoms with Crippen molar-refractivity contribution < 1.29 is 0 Å². The van der Waals surface area contributed by atoms with Crippen molar-refractivity contribution in [2.45, 2.75) is 32.7 Å². The van der Waals surface area contributed by atoms with E-state index in [2.05, 4.69) is 17.3 Å². The summed E-state index contributed by atoms with van der Waals surface area (Å²) in [5.41, 5.74) is 4.61. The first-order valence-electron chi connectivity index (χ1n) is 10.3. The Morgan fingerprint density at radius 3 is 2.29 bits per heavy atom. The van der Waals surface area contributed by atoms with Gasteiger partial charge in [-0.25, -0.2) is 4.98 Å². The molecule has 0 N–H and O–H groups in total. The molecule has 0 unspecified atom stereocenters. The maximum atomic E-state index is 14.0. The zero-order valence-electron chi connectivity index (χ0n) is 17.3. The van der Waals surface area contributed by atoms with Crippen LogP contribution < -0.4 is 5.56 Å². The van der Waals surface area contributed by atoms with Gasteiger partial charge in [0.15, 0.2) is 0 Å². The normalized spacial score (nSPS) is 13.4. The summed E-state index contributed by atoms with van der Waals surface area (Å²) in [5, 5.41) is 3.19. The second kappa shape index (κ2) is 7.71. The van der Waals surface area contributed by atoms with E-state index in [1.54, 1.807) is 28.0 Å². The number of fused-ring (bicyclic) bond motifs is 1. The van der Waals surface area contributed by atoms with Gasteiger partial charge in [0, 0.05) is 21.4 Å². The van der Waals surface area contributed by atoms with Crippen molar-refractivity contribution in [2.24, 2.45) is 5.18 Å². The molecule has 0 aliphatic heterocycles. The lowest BCUT2D eigenvalue weighted by atomic mass is 10.1. The number of aromatic nitrogens is 2. The number of nitroso groups, excluding NO2 is 1. The van der Waals surface area contributed by atoms with Crippen LogP contribution in [-0.4, -0.2) is 9.55 Å². The van der Waals surface area contributed by atoms with Crippen molar-refractivity contribution in [1.29, 1.82) is 0 Å². The predicted molar refractivity (Wildman–Crippen MR) is 125 cm³/mol. The molecule has 31 heavy (non-hydrogen) atoms. The average Bonchev–Trinajstić information content (AvgIpc) is 3.39. The van der Waals surface area contributed by atoms with E-state index in [1.807, 2.05) is 50.2 Å². The number of nitrogens with zero attached hydrogens (tertiary/aromatic N) is 3. The number of hydrogen-bond acceptors (Lipinski definition) is 5. The van der Waals surface area contributed by atoms with E-state index in [1.165, 1.54) is 11.1 Å².